The van der Waals surface area contributed by atoms with Gasteiger partial charge in [-0.1, -0.05) is 12.1 Å². The van der Waals surface area contributed by atoms with E-state index in [1.807, 2.05) is 37.9 Å². The van der Waals surface area contributed by atoms with Gasteiger partial charge in [-0.2, -0.15) is 18.3 Å². The normalized spacial score (nSPS) is 11.4. The maximum absolute atomic E-state index is 12.5. The number of benzene rings is 1. The largest absolute Gasteiger partial charge is 0.405 e. The van der Waals surface area contributed by atoms with Crippen LogP contribution in [-0.2, 0) is 16.6 Å². The minimum atomic E-state index is -4.55. The van der Waals surface area contributed by atoms with E-state index in [0.717, 1.165) is 38.2 Å². The topological polar surface area (TPSA) is 96.2 Å². The van der Waals surface area contributed by atoms with Gasteiger partial charge in [0.1, 0.15) is 13.1 Å². The van der Waals surface area contributed by atoms with Crippen LogP contribution < -0.4 is 15.1 Å². The number of halogens is 3. The highest BCUT2D eigenvalue weighted by Crippen LogP contribution is 2.37. The number of nitrogens with zero attached hydrogens (tertiary/aromatic N) is 6. The third-order valence-corrected chi connectivity index (χ3v) is 6.17. The molecule has 3 aromatic heterocycles. The summed E-state index contributed by atoms with van der Waals surface area (Å²) in [6.45, 7) is 1.72. The van der Waals surface area contributed by atoms with Crippen molar-refractivity contribution < 1.29 is 22.8 Å². The molecular weight excluding hydrogens is 499 g/mol. The molecule has 0 saturated heterocycles. The molecule has 0 radical (unpaired) electrons. The summed E-state index contributed by atoms with van der Waals surface area (Å²) < 4.78 is 39.2. The molecule has 0 atom stereocenters. The van der Waals surface area contributed by atoms with Gasteiger partial charge in [0.2, 0.25) is 12.3 Å². The number of alkyl halides is 3. The molecule has 1 N–H and O–H groups in total. The van der Waals surface area contributed by atoms with Gasteiger partial charge in [0.05, 0.1) is 46.9 Å². The van der Waals surface area contributed by atoms with Crippen LogP contribution in [0.1, 0.15) is 11.1 Å². The molecule has 9 nitrogen and oxygen atoms in total. The highest BCUT2D eigenvalue weighted by atomic mass is 19.4. The van der Waals surface area contributed by atoms with Crippen LogP contribution in [-0.4, -0.2) is 58.4 Å². The van der Waals surface area contributed by atoms with Crippen LogP contribution in [0.3, 0.4) is 0 Å². The summed E-state index contributed by atoms with van der Waals surface area (Å²) in [6, 6.07) is 7.12. The Morgan fingerprint density at radius 2 is 1.89 bits per heavy atom. The van der Waals surface area contributed by atoms with Gasteiger partial charge in [-0.25, -0.2) is 0 Å². The van der Waals surface area contributed by atoms with Crippen molar-refractivity contribution in [1.82, 2.24) is 25.1 Å². The van der Waals surface area contributed by atoms with Crippen molar-refractivity contribution >= 4 is 40.3 Å². The Morgan fingerprint density at radius 3 is 2.58 bits per heavy atom. The zero-order valence-electron chi connectivity index (χ0n) is 21.2. The summed E-state index contributed by atoms with van der Waals surface area (Å²) >= 11 is 0. The Bertz CT molecular complexity index is 1500. The van der Waals surface area contributed by atoms with E-state index in [2.05, 4.69) is 10.1 Å². The Labute approximate surface area is 216 Å². The van der Waals surface area contributed by atoms with E-state index in [-0.39, 0.29) is 0 Å². The third kappa shape index (κ3) is 5.43. The predicted molar refractivity (Wildman–Crippen MR) is 138 cm³/mol. The van der Waals surface area contributed by atoms with Gasteiger partial charge in [-0.05, 0) is 37.1 Å². The van der Waals surface area contributed by atoms with Crippen molar-refractivity contribution in [2.45, 2.75) is 20.0 Å². The molecule has 0 aliphatic carbocycles. The van der Waals surface area contributed by atoms with Crippen molar-refractivity contribution in [1.29, 1.82) is 0 Å². The fraction of sp³-hybridized carbons (Fsp3) is 0.269. The Hall–Kier alpha value is -4.48. The maximum atomic E-state index is 12.5. The van der Waals surface area contributed by atoms with Gasteiger partial charge >= 0.3 is 6.18 Å². The van der Waals surface area contributed by atoms with Gasteiger partial charge in [0, 0.05) is 31.2 Å². The molecule has 3 heterocycles. The van der Waals surface area contributed by atoms with E-state index in [0.29, 0.717) is 23.5 Å². The molecule has 1 aromatic carbocycles. The van der Waals surface area contributed by atoms with Crippen LogP contribution in [0.5, 0.6) is 0 Å². The second-order valence-electron chi connectivity index (χ2n) is 8.87. The molecule has 0 fully saturated rings. The standard InChI is InChI=1S/C26H26F3N7O2/c1-16-6-5-7-21(36(15-37)13-23(38)32-14-26(27,28)29)25(16)34(3)18-8-17(2)24(31-9-18)20-10-30-12-22-19(20)11-33-35(22)4/h5-12,15H,13-14H2,1-4H3,(H,32,38). The molecule has 2 amide bonds. The summed E-state index contributed by atoms with van der Waals surface area (Å²) in [7, 11) is 3.63. The van der Waals surface area contributed by atoms with Gasteiger partial charge < -0.3 is 15.1 Å². The lowest BCUT2D eigenvalue weighted by molar-refractivity contribution is -0.137. The van der Waals surface area contributed by atoms with Crippen molar-refractivity contribution in [2.24, 2.45) is 7.05 Å². The van der Waals surface area contributed by atoms with Crippen molar-refractivity contribution in [3.63, 3.8) is 0 Å². The Kier molecular flexibility index (Phi) is 7.33. The van der Waals surface area contributed by atoms with E-state index in [4.69, 9.17) is 4.98 Å². The summed E-state index contributed by atoms with van der Waals surface area (Å²) in [4.78, 5) is 36.0. The zero-order valence-corrected chi connectivity index (χ0v) is 21.2. The minimum Gasteiger partial charge on any atom is -0.345 e. The van der Waals surface area contributed by atoms with Crippen LogP contribution in [0.2, 0.25) is 0 Å². The van der Waals surface area contributed by atoms with Crippen LogP contribution in [0, 0.1) is 13.8 Å². The maximum Gasteiger partial charge on any atom is 0.405 e. The second-order valence-corrected chi connectivity index (χ2v) is 8.87. The molecule has 0 unspecified atom stereocenters. The molecule has 38 heavy (non-hydrogen) atoms. The van der Waals surface area contributed by atoms with Crippen LogP contribution >= 0.6 is 0 Å². The first-order chi connectivity index (χ1) is 18.0. The molecular formula is C26H26F3N7O2. The van der Waals surface area contributed by atoms with Crippen molar-refractivity contribution in [2.75, 3.05) is 29.9 Å². The van der Waals surface area contributed by atoms with Crippen LogP contribution in [0.4, 0.5) is 30.2 Å². The van der Waals surface area contributed by atoms with Crippen molar-refractivity contribution in [3.05, 3.63) is 60.2 Å². The minimum absolute atomic E-state index is 0.371. The quantitative estimate of drug-likeness (QED) is 0.349. The predicted octanol–water partition coefficient (Wildman–Crippen LogP) is 4.06. The van der Waals surface area contributed by atoms with E-state index in [1.165, 1.54) is 0 Å². The van der Waals surface area contributed by atoms with Gasteiger partial charge in [-0.3, -0.25) is 24.2 Å². The van der Waals surface area contributed by atoms with E-state index < -0.39 is 25.2 Å². The van der Waals surface area contributed by atoms with Crippen LogP contribution in [0.25, 0.3) is 22.2 Å². The number of hydrogen-bond acceptors (Lipinski definition) is 6. The van der Waals surface area contributed by atoms with Crippen molar-refractivity contribution in [3.8, 4) is 11.3 Å². The number of aromatic nitrogens is 4. The van der Waals surface area contributed by atoms with E-state index in [9.17, 15) is 22.8 Å². The molecule has 0 spiro atoms. The lowest BCUT2D eigenvalue weighted by atomic mass is 10.0. The fourth-order valence-electron chi connectivity index (χ4n) is 4.30. The highest BCUT2D eigenvalue weighted by Gasteiger charge is 2.28. The third-order valence-electron chi connectivity index (χ3n) is 6.17. The number of aryl methyl sites for hydroxylation is 3. The Morgan fingerprint density at radius 1 is 1.13 bits per heavy atom. The molecule has 12 heteroatoms. The van der Waals surface area contributed by atoms with Gasteiger partial charge in [-0.15, -0.1) is 0 Å². The number of para-hydroxylation sites is 1. The number of anilines is 3. The first-order valence-corrected chi connectivity index (χ1v) is 11.6. The number of nitrogens with one attached hydrogen (secondary N) is 1. The average molecular weight is 526 g/mol. The van der Waals surface area contributed by atoms with Gasteiger partial charge in [0.15, 0.2) is 0 Å². The smallest absolute Gasteiger partial charge is 0.345 e. The first-order valence-electron chi connectivity index (χ1n) is 11.6. The lowest BCUT2D eigenvalue weighted by Gasteiger charge is -2.28. The number of carbonyl (C=O) groups is 2. The summed E-state index contributed by atoms with van der Waals surface area (Å²) in [6.07, 6.45) is 2.82. The number of pyridine rings is 2. The number of hydrogen-bond donors (Lipinski definition) is 1. The molecule has 198 valence electrons. The summed E-state index contributed by atoms with van der Waals surface area (Å²) in [5, 5.41) is 7.03. The zero-order chi connectivity index (χ0) is 27.6. The molecule has 4 aromatic rings. The Balaban J connectivity index is 1.66. The molecule has 0 bridgehead atoms. The highest BCUT2D eigenvalue weighted by molar-refractivity contribution is 5.95. The fourth-order valence-corrected chi connectivity index (χ4v) is 4.30. The molecule has 0 aliphatic rings. The van der Waals surface area contributed by atoms with Gasteiger partial charge in [0.25, 0.3) is 0 Å². The number of rotatable bonds is 8. The number of fused-ring (bicyclic) bond motifs is 1. The number of carbonyl (C=O) groups excluding carboxylic acids is 2. The molecule has 0 saturated carbocycles. The monoisotopic (exact) mass is 525 g/mol. The van der Waals surface area contributed by atoms with E-state index in [1.54, 1.807) is 54.0 Å². The lowest BCUT2D eigenvalue weighted by Crippen LogP contribution is -2.41. The summed E-state index contributed by atoms with van der Waals surface area (Å²) in [5.41, 5.74) is 5.82. The first kappa shape index (κ1) is 26.6. The molecule has 0 aliphatic heterocycles. The molecule has 4 rings (SSSR count). The average Bonchev–Trinajstić information content (AvgIpc) is 3.26. The van der Waals surface area contributed by atoms with E-state index >= 15 is 0 Å². The summed E-state index contributed by atoms with van der Waals surface area (Å²) in [5.74, 6) is -0.926. The number of amides is 2. The second kappa shape index (κ2) is 10.5. The SMILES string of the molecule is Cc1cc(N(C)c2c(C)cccc2N(C=O)CC(=O)NCC(F)(F)F)cnc1-c1cncc2c1cnn2C. The van der Waals surface area contributed by atoms with Crippen LogP contribution in [0.15, 0.2) is 49.1 Å².